The Balaban J connectivity index is 1.69. The number of hydrogen-bond acceptors (Lipinski definition) is 3. The Morgan fingerprint density at radius 1 is 1.15 bits per heavy atom. The average Bonchev–Trinajstić information content (AvgIpc) is 2.02. The summed E-state index contributed by atoms with van der Waals surface area (Å²) in [5.74, 6) is 2.62. The zero-order chi connectivity index (χ0) is 9.10. The van der Waals surface area contributed by atoms with Gasteiger partial charge in [-0.1, -0.05) is 0 Å². The molecule has 1 unspecified atom stereocenters. The molecular weight excluding hydrogens is 180 g/mol. The molecule has 0 aliphatic carbocycles. The molecule has 0 saturated carbocycles. The molecule has 0 N–H and O–H groups in total. The van der Waals surface area contributed by atoms with Crippen molar-refractivity contribution in [3.63, 3.8) is 0 Å². The topological polar surface area (TPSA) is 6.48 Å². The maximum absolute atomic E-state index is 4.23. The molecule has 75 valence electrons. The van der Waals surface area contributed by atoms with E-state index in [0.29, 0.717) is 6.04 Å². The number of thioether (sulfide) groups is 1. The highest BCUT2D eigenvalue weighted by atomic mass is 32.2. The molecule has 0 spiro atoms. The van der Waals surface area contributed by atoms with E-state index in [4.69, 9.17) is 0 Å². The van der Waals surface area contributed by atoms with Gasteiger partial charge in [0.1, 0.15) is 0 Å². The molecule has 0 bridgehead atoms. The Morgan fingerprint density at radius 2 is 1.85 bits per heavy atom. The van der Waals surface area contributed by atoms with E-state index in [9.17, 15) is 0 Å². The predicted molar refractivity (Wildman–Crippen MR) is 59.1 cm³/mol. The summed E-state index contributed by atoms with van der Waals surface area (Å²) in [6.45, 7) is 10.5. The first-order valence-corrected chi connectivity index (χ1v) is 6.39. The molecule has 2 fully saturated rings. The van der Waals surface area contributed by atoms with Gasteiger partial charge in [-0.15, -0.1) is 0 Å². The summed E-state index contributed by atoms with van der Waals surface area (Å²) in [6, 6.07) is 0.539. The highest BCUT2D eigenvalue weighted by Crippen LogP contribution is 2.14. The Bertz CT molecular complexity index is 153. The molecule has 2 aliphatic rings. The van der Waals surface area contributed by atoms with Crippen LogP contribution in [0.1, 0.15) is 6.42 Å². The Morgan fingerprint density at radius 3 is 2.38 bits per heavy atom. The summed E-state index contributed by atoms with van der Waals surface area (Å²) in [5.41, 5.74) is 0. The van der Waals surface area contributed by atoms with Gasteiger partial charge in [0.15, 0.2) is 0 Å². The van der Waals surface area contributed by atoms with Crippen molar-refractivity contribution in [3.05, 3.63) is 6.92 Å². The molecule has 0 aromatic carbocycles. The molecule has 2 rings (SSSR count). The highest BCUT2D eigenvalue weighted by molar-refractivity contribution is 7.99. The first-order chi connectivity index (χ1) is 6.36. The lowest BCUT2D eigenvalue weighted by Gasteiger charge is -2.39. The predicted octanol–water partition coefficient (Wildman–Crippen LogP) is 0.944. The maximum atomic E-state index is 4.23. The van der Waals surface area contributed by atoms with Crippen LogP contribution in [-0.4, -0.2) is 60.1 Å². The first kappa shape index (κ1) is 9.81. The van der Waals surface area contributed by atoms with Crippen molar-refractivity contribution < 1.29 is 0 Å². The van der Waals surface area contributed by atoms with Crippen LogP contribution in [0.5, 0.6) is 0 Å². The van der Waals surface area contributed by atoms with Gasteiger partial charge < -0.3 is 4.90 Å². The average molecular weight is 199 g/mol. The van der Waals surface area contributed by atoms with Gasteiger partial charge in [-0.05, 0) is 26.4 Å². The molecule has 1 radical (unpaired) electrons. The second-order valence-electron chi connectivity index (χ2n) is 3.96. The van der Waals surface area contributed by atoms with E-state index in [1.807, 2.05) is 0 Å². The highest BCUT2D eigenvalue weighted by Gasteiger charge is 2.22. The Labute approximate surface area is 85.7 Å². The SMILES string of the molecule is [CH2]C(CN1CCSCC1)N1CCC1. The molecule has 0 aromatic rings. The normalized spacial score (nSPS) is 28.4. The van der Waals surface area contributed by atoms with Crippen LogP contribution in [0.2, 0.25) is 0 Å². The van der Waals surface area contributed by atoms with Crippen LogP contribution < -0.4 is 0 Å². The molecule has 0 amide bonds. The third-order valence-corrected chi connectivity index (χ3v) is 3.92. The van der Waals surface area contributed by atoms with Crippen molar-refractivity contribution in [2.24, 2.45) is 0 Å². The van der Waals surface area contributed by atoms with E-state index in [-0.39, 0.29) is 0 Å². The molecule has 2 saturated heterocycles. The number of likely N-dealkylation sites (tertiary alicyclic amines) is 1. The van der Waals surface area contributed by atoms with Crippen molar-refractivity contribution in [3.8, 4) is 0 Å². The van der Waals surface area contributed by atoms with Gasteiger partial charge in [0, 0.05) is 37.2 Å². The van der Waals surface area contributed by atoms with Crippen molar-refractivity contribution in [1.29, 1.82) is 0 Å². The van der Waals surface area contributed by atoms with E-state index in [1.165, 1.54) is 50.7 Å². The third-order valence-electron chi connectivity index (χ3n) is 2.98. The van der Waals surface area contributed by atoms with Gasteiger partial charge >= 0.3 is 0 Å². The Hall–Kier alpha value is 0.270. The maximum Gasteiger partial charge on any atom is 0.0223 e. The molecule has 3 heteroatoms. The summed E-state index contributed by atoms with van der Waals surface area (Å²) in [4.78, 5) is 5.05. The largest absolute Gasteiger partial charge is 0.300 e. The van der Waals surface area contributed by atoms with Gasteiger partial charge in [0.05, 0.1) is 0 Å². The first-order valence-electron chi connectivity index (χ1n) is 5.23. The van der Waals surface area contributed by atoms with Crippen LogP contribution in [0.15, 0.2) is 0 Å². The molecule has 2 nitrogen and oxygen atoms in total. The van der Waals surface area contributed by atoms with E-state index in [0.717, 1.165) is 0 Å². The van der Waals surface area contributed by atoms with Gasteiger partial charge in [0.2, 0.25) is 0 Å². The molecule has 2 heterocycles. The molecule has 13 heavy (non-hydrogen) atoms. The lowest BCUT2D eigenvalue weighted by atomic mass is 10.1. The quantitative estimate of drug-likeness (QED) is 0.668. The number of rotatable bonds is 3. The summed E-state index contributed by atoms with van der Waals surface area (Å²) >= 11 is 2.08. The zero-order valence-electron chi connectivity index (χ0n) is 8.24. The van der Waals surface area contributed by atoms with E-state index in [1.54, 1.807) is 0 Å². The fourth-order valence-corrected chi connectivity index (χ4v) is 2.88. The summed E-state index contributed by atoms with van der Waals surface area (Å²) < 4.78 is 0. The molecule has 0 aromatic heterocycles. The minimum Gasteiger partial charge on any atom is -0.300 e. The van der Waals surface area contributed by atoms with Crippen LogP contribution in [0, 0.1) is 6.92 Å². The van der Waals surface area contributed by atoms with Crippen molar-refractivity contribution in [1.82, 2.24) is 9.80 Å². The standard InChI is InChI=1S/C10H19N2S/c1-10(12-3-2-4-12)9-11-5-7-13-8-6-11/h10H,1-9H2. The number of hydrogen-bond donors (Lipinski definition) is 0. The number of nitrogens with zero attached hydrogens (tertiary/aromatic N) is 2. The van der Waals surface area contributed by atoms with Gasteiger partial charge in [-0.25, -0.2) is 0 Å². The Kier molecular flexibility index (Phi) is 3.52. The summed E-state index contributed by atoms with van der Waals surface area (Å²) in [7, 11) is 0. The van der Waals surface area contributed by atoms with Crippen LogP contribution in [0.4, 0.5) is 0 Å². The minimum absolute atomic E-state index is 0.539. The third kappa shape index (κ3) is 2.61. The van der Waals surface area contributed by atoms with Gasteiger partial charge in [-0.3, -0.25) is 4.90 Å². The van der Waals surface area contributed by atoms with Crippen LogP contribution in [-0.2, 0) is 0 Å². The van der Waals surface area contributed by atoms with Crippen molar-refractivity contribution >= 4 is 11.8 Å². The zero-order valence-corrected chi connectivity index (χ0v) is 9.06. The fraction of sp³-hybridized carbons (Fsp3) is 0.900. The fourth-order valence-electron chi connectivity index (χ4n) is 1.90. The van der Waals surface area contributed by atoms with Crippen LogP contribution in [0.25, 0.3) is 0 Å². The van der Waals surface area contributed by atoms with Gasteiger partial charge in [0.25, 0.3) is 0 Å². The second-order valence-corrected chi connectivity index (χ2v) is 5.18. The summed E-state index contributed by atoms with van der Waals surface area (Å²) in [6.07, 6.45) is 1.38. The van der Waals surface area contributed by atoms with E-state index < -0.39 is 0 Å². The van der Waals surface area contributed by atoms with Crippen LogP contribution in [0.3, 0.4) is 0 Å². The summed E-state index contributed by atoms with van der Waals surface area (Å²) in [5, 5.41) is 0. The smallest absolute Gasteiger partial charge is 0.0223 e. The van der Waals surface area contributed by atoms with Crippen molar-refractivity contribution in [2.75, 3.05) is 44.2 Å². The monoisotopic (exact) mass is 199 g/mol. The minimum atomic E-state index is 0.539. The molecular formula is C10H19N2S. The lowest BCUT2D eigenvalue weighted by molar-refractivity contribution is 0.111. The van der Waals surface area contributed by atoms with E-state index >= 15 is 0 Å². The van der Waals surface area contributed by atoms with Crippen LogP contribution >= 0.6 is 11.8 Å². The van der Waals surface area contributed by atoms with Gasteiger partial charge in [-0.2, -0.15) is 11.8 Å². The van der Waals surface area contributed by atoms with Crippen molar-refractivity contribution in [2.45, 2.75) is 12.5 Å². The molecule has 2 aliphatic heterocycles. The lowest BCUT2D eigenvalue weighted by Crippen LogP contribution is -2.50. The second kappa shape index (κ2) is 4.67. The molecule has 1 atom stereocenters. The van der Waals surface area contributed by atoms with E-state index in [2.05, 4.69) is 28.5 Å².